The number of nitrogens with zero attached hydrogens (tertiary/aromatic N) is 2. The van der Waals surface area contributed by atoms with Gasteiger partial charge in [0, 0.05) is 30.5 Å². The van der Waals surface area contributed by atoms with Crippen molar-refractivity contribution in [2.45, 2.75) is 70.6 Å². The summed E-state index contributed by atoms with van der Waals surface area (Å²) in [5.41, 5.74) is 10.7. The maximum atomic E-state index is 12.9. The number of benzene rings is 1. The third-order valence-corrected chi connectivity index (χ3v) is 6.67. The van der Waals surface area contributed by atoms with E-state index in [2.05, 4.69) is 32.9 Å². The van der Waals surface area contributed by atoms with Gasteiger partial charge >= 0.3 is 0 Å². The lowest BCUT2D eigenvalue weighted by atomic mass is 9.87. The van der Waals surface area contributed by atoms with E-state index < -0.39 is 0 Å². The van der Waals surface area contributed by atoms with Crippen molar-refractivity contribution in [2.24, 2.45) is 22.6 Å². The number of carbonyl (C=O) groups excluding carboxylic acids is 1. The number of nitrogens with one attached hydrogen (secondary N) is 2. The molecule has 1 fully saturated rings. The van der Waals surface area contributed by atoms with Crippen molar-refractivity contribution in [2.75, 3.05) is 18.5 Å². The average molecular weight is 480 g/mol. The van der Waals surface area contributed by atoms with Gasteiger partial charge in [0.1, 0.15) is 0 Å². The quantitative estimate of drug-likeness (QED) is 0.149. The molecule has 190 valence electrons. The summed E-state index contributed by atoms with van der Waals surface area (Å²) in [6, 6.07) is 13.9. The molecule has 7 nitrogen and oxygen atoms in total. The van der Waals surface area contributed by atoms with Gasteiger partial charge in [0.25, 0.3) is 0 Å². The first-order valence-electron chi connectivity index (χ1n) is 13.1. The van der Waals surface area contributed by atoms with Gasteiger partial charge in [-0.15, -0.1) is 0 Å². The van der Waals surface area contributed by atoms with Crippen LogP contribution >= 0.6 is 0 Å². The predicted molar refractivity (Wildman–Crippen MR) is 142 cm³/mol. The summed E-state index contributed by atoms with van der Waals surface area (Å²) in [5.74, 6) is 1.04. The summed E-state index contributed by atoms with van der Waals surface area (Å²) < 4.78 is 0. The summed E-state index contributed by atoms with van der Waals surface area (Å²) in [5, 5.41) is 3.06. The first kappa shape index (κ1) is 26.7. The molecule has 0 unspecified atom stereocenters. The number of hydroxylamine groups is 1. The topological polar surface area (TPSA) is 102 Å². The molecule has 7 heteroatoms. The highest BCUT2D eigenvalue weighted by Gasteiger charge is 2.19. The Morgan fingerprint density at radius 2 is 1.83 bits per heavy atom. The van der Waals surface area contributed by atoms with Crippen LogP contribution in [0.3, 0.4) is 0 Å². The molecule has 0 radical (unpaired) electrons. The minimum atomic E-state index is -0.103. The van der Waals surface area contributed by atoms with Gasteiger partial charge in [-0.2, -0.15) is 0 Å². The standard InChI is InChI=1S/C28H41N5O2/c29-28(32-26-15-19-30-20-16-26)31-18-9-3-8-14-25(22-24-12-6-2-7-13-24)27(34)33-35-21-17-23-10-4-1-5-11-23/h2,6-7,12-13,15-16,19-20,23,25H,1,3-5,8-11,14,17-18,21-22H2,(H,33,34)(H3,29,30,31,32)/t25-/m0/s1. The van der Waals surface area contributed by atoms with Gasteiger partial charge in [-0.3, -0.25) is 19.6 Å². The number of guanidine groups is 1. The zero-order valence-electron chi connectivity index (χ0n) is 20.8. The monoisotopic (exact) mass is 479 g/mol. The molecule has 0 spiro atoms. The lowest BCUT2D eigenvalue weighted by Crippen LogP contribution is -2.32. The Kier molecular flexibility index (Phi) is 12.1. The van der Waals surface area contributed by atoms with Crippen LogP contribution in [0.5, 0.6) is 0 Å². The minimum absolute atomic E-state index is 0.0127. The molecule has 0 bridgehead atoms. The molecule has 1 aromatic carbocycles. The molecule has 1 aliphatic carbocycles. The van der Waals surface area contributed by atoms with Crippen LogP contribution in [0.2, 0.25) is 0 Å². The molecule has 1 aliphatic rings. The highest BCUT2D eigenvalue weighted by Crippen LogP contribution is 2.26. The first-order chi connectivity index (χ1) is 17.2. The molecule has 0 saturated heterocycles. The van der Waals surface area contributed by atoms with Crippen molar-refractivity contribution in [3.05, 3.63) is 60.4 Å². The molecular weight excluding hydrogens is 438 g/mol. The summed E-state index contributed by atoms with van der Waals surface area (Å²) >= 11 is 0. The molecule has 1 atom stereocenters. The Labute approximate surface area is 209 Å². The Bertz CT molecular complexity index is 869. The number of rotatable bonds is 14. The zero-order chi connectivity index (χ0) is 24.6. The molecular formula is C28H41N5O2. The van der Waals surface area contributed by atoms with Gasteiger partial charge in [-0.05, 0) is 49.3 Å². The number of amides is 1. The van der Waals surface area contributed by atoms with E-state index in [0.29, 0.717) is 19.1 Å². The molecule has 1 heterocycles. The third-order valence-electron chi connectivity index (χ3n) is 6.67. The number of hydrogen-bond acceptors (Lipinski definition) is 4. The van der Waals surface area contributed by atoms with Crippen LogP contribution in [0.4, 0.5) is 5.69 Å². The molecule has 35 heavy (non-hydrogen) atoms. The Balaban J connectivity index is 1.37. The van der Waals surface area contributed by atoms with Crippen molar-refractivity contribution >= 4 is 17.6 Å². The Hall–Kier alpha value is -2.93. The normalized spacial score (nSPS) is 15.5. The van der Waals surface area contributed by atoms with E-state index in [4.69, 9.17) is 10.6 Å². The van der Waals surface area contributed by atoms with Gasteiger partial charge in [0.05, 0.1) is 6.61 Å². The first-order valence-corrected chi connectivity index (χ1v) is 13.1. The predicted octanol–water partition coefficient (Wildman–Crippen LogP) is 5.25. The van der Waals surface area contributed by atoms with Crippen LogP contribution in [0, 0.1) is 11.8 Å². The highest BCUT2D eigenvalue weighted by molar-refractivity contribution is 5.92. The lowest BCUT2D eigenvalue weighted by Gasteiger charge is -2.21. The van der Waals surface area contributed by atoms with E-state index in [1.165, 1.54) is 37.7 Å². The fourth-order valence-electron chi connectivity index (χ4n) is 4.63. The van der Waals surface area contributed by atoms with E-state index in [1.54, 1.807) is 12.4 Å². The molecule has 4 N–H and O–H groups in total. The van der Waals surface area contributed by atoms with Gasteiger partial charge in [-0.1, -0.05) is 75.3 Å². The van der Waals surface area contributed by atoms with Crippen LogP contribution in [-0.2, 0) is 16.1 Å². The average Bonchev–Trinajstić information content (AvgIpc) is 2.89. The number of aliphatic imine (C=N–C) groups is 1. The second kappa shape index (κ2) is 15.9. The summed E-state index contributed by atoms with van der Waals surface area (Å²) in [4.78, 5) is 26.9. The van der Waals surface area contributed by atoms with E-state index in [9.17, 15) is 4.79 Å². The number of nitrogens with two attached hydrogens (primary N) is 1. The van der Waals surface area contributed by atoms with Gasteiger partial charge in [-0.25, -0.2) is 5.48 Å². The largest absolute Gasteiger partial charge is 0.370 e. The molecule has 3 rings (SSSR count). The number of unbranched alkanes of at least 4 members (excludes halogenated alkanes) is 2. The summed E-state index contributed by atoms with van der Waals surface area (Å²) in [6.45, 7) is 1.26. The van der Waals surface area contributed by atoms with Gasteiger partial charge < -0.3 is 11.1 Å². The van der Waals surface area contributed by atoms with Crippen LogP contribution in [0.15, 0.2) is 59.9 Å². The maximum Gasteiger partial charge on any atom is 0.246 e. The smallest absolute Gasteiger partial charge is 0.246 e. The molecule has 1 aromatic heterocycles. The Morgan fingerprint density at radius 1 is 1.06 bits per heavy atom. The number of pyridine rings is 1. The number of anilines is 1. The van der Waals surface area contributed by atoms with E-state index in [-0.39, 0.29) is 11.8 Å². The summed E-state index contributed by atoms with van der Waals surface area (Å²) in [7, 11) is 0. The third kappa shape index (κ3) is 10.9. The molecule has 1 saturated carbocycles. The fraction of sp³-hybridized carbons (Fsp3) is 0.536. The van der Waals surface area contributed by atoms with Crippen molar-refractivity contribution in [3.63, 3.8) is 0 Å². The van der Waals surface area contributed by atoms with Crippen LogP contribution in [0.25, 0.3) is 0 Å². The lowest BCUT2D eigenvalue weighted by molar-refractivity contribution is -0.138. The van der Waals surface area contributed by atoms with Crippen LogP contribution < -0.4 is 16.5 Å². The number of hydrogen-bond donors (Lipinski definition) is 3. The van der Waals surface area contributed by atoms with Crippen LogP contribution in [-0.4, -0.2) is 30.0 Å². The molecule has 0 aliphatic heterocycles. The number of aromatic nitrogens is 1. The van der Waals surface area contributed by atoms with Crippen molar-refractivity contribution in [1.82, 2.24) is 10.5 Å². The van der Waals surface area contributed by atoms with Crippen molar-refractivity contribution in [3.8, 4) is 0 Å². The second-order valence-electron chi connectivity index (χ2n) is 9.47. The Morgan fingerprint density at radius 3 is 2.60 bits per heavy atom. The fourth-order valence-corrected chi connectivity index (χ4v) is 4.63. The van der Waals surface area contributed by atoms with Gasteiger partial charge in [0.15, 0.2) is 5.96 Å². The molecule has 1 amide bonds. The number of carbonyl (C=O) groups is 1. The van der Waals surface area contributed by atoms with E-state index >= 15 is 0 Å². The minimum Gasteiger partial charge on any atom is -0.370 e. The maximum absolute atomic E-state index is 12.9. The SMILES string of the molecule is NC(=NCCCCC[C@@H](Cc1ccccc1)C(=O)NOCCC1CCCCC1)Nc1ccncc1. The van der Waals surface area contributed by atoms with Crippen LogP contribution in [0.1, 0.15) is 69.8 Å². The second-order valence-corrected chi connectivity index (χ2v) is 9.47. The van der Waals surface area contributed by atoms with E-state index in [0.717, 1.165) is 50.1 Å². The highest BCUT2D eigenvalue weighted by atomic mass is 16.6. The van der Waals surface area contributed by atoms with E-state index in [1.807, 2.05) is 30.3 Å². The van der Waals surface area contributed by atoms with Gasteiger partial charge in [0.2, 0.25) is 5.91 Å². The summed E-state index contributed by atoms with van der Waals surface area (Å²) in [6.07, 6.45) is 15.5. The zero-order valence-corrected chi connectivity index (χ0v) is 20.8. The molecule has 2 aromatic rings. The van der Waals surface area contributed by atoms with Crippen molar-refractivity contribution < 1.29 is 9.63 Å². The van der Waals surface area contributed by atoms with Crippen molar-refractivity contribution in [1.29, 1.82) is 0 Å².